The number of amides is 1. The molecule has 1 aliphatic heterocycles. The van der Waals surface area contributed by atoms with Gasteiger partial charge in [0.15, 0.2) is 0 Å². The standard InChI is InChI=1S/C21H26ClN3O/c1-16(18-6-4-3-5-7-18)23-21(26)17(2)24-12-14-25(15-13-24)20-10-8-19(22)9-11-20/h3-11,16-17H,12-15H2,1-2H3,(H,23,26)/t16-,17-/m1/s1. The average molecular weight is 372 g/mol. The van der Waals surface area contributed by atoms with E-state index in [2.05, 4.69) is 27.2 Å². The number of hydrogen-bond acceptors (Lipinski definition) is 3. The number of anilines is 1. The van der Waals surface area contributed by atoms with Crippen LogP contribution in [0.2, 0.25) is 5.02 Å². The fraction of sp³-hybridized carbons (Fsp3) is 0.381. The zero-order valence-corrected chi connectivity index (χ0v) is 16.1. The SMILES string of the molecule is C[C@H](C(=O)N[C@H](C)c1ccccc1)N1CCN(c2ccc(Cl)cc2)CC1. The number of benzene rings is 2. The summed E-state index contributed by atoms with van der Waals surface area (Å²) in [6.45, 7) is 7.58. The van der Waals surface area contributed by atoms with Crippen molar-refractivity contribution in [3.8, 4) is 0 Å². The van der Waals surface area contributed by atoms with Crippen molar-refractivity contribution in [2.24, 2.45) is 0 Å². The number of rotatable bonds is 5. The quantitative estimate of drug-likeness (QED) is 0.869. The Morgan fingerprint density at radius 3 is 2.19 bits per heavy atom. The lowest BCUT2D eigenvalue weighted by atomic mass is 10.1. The first kappa shape index (κ1) is 18.7. The third-order valence-corrected chi connectivity index (χ3v) is 5.34. The Hall–Kier alpha value is -2.04. The number of nitrogens with zero attached hydrogens (tertiary/aromatic N) is 2. The van der Waals surface area contributed by atoms with E-state index >= 15 is 0 Å². The number of carbonyl (C=O) groups excluding carboxylic acids is 1. The summed E-state index contributed by atoms with van der Waals surface area (Å²) in [6, 6.07) is 17.9. The summed E-state index contributed by atoms with van der Waals surface area (Å²) in [5, 5.41) is 3.89. The van der Waals surface area contributed by atoms with Crippen LogP contribution in [0.25, 0.3) is 0 Å². The second kappa shape index (κ2) is 8.56. The van der Waals surface area contributed by atoms with Crippen molar-refractivity contribution >= 4 is 23.2 Å². The predicted molar refractivity (Wildman–Crippen MR) is 108 cm³/mol. The minimum absolute atomic E-state index is 0.0153. The van der Waals surface area contributed by atoms with E-state index in [9.17, 15) is 4.79 Å². The van der Waals surface area contributed by atoms with E-state index in [1.165, 1.54) is 5.69 Å². The maximum Gasteiger partial charge on any atom is 0.237 e. The van der Waals surface area contributed by atoms with Crippen LogP contribution in [0, 0.1) is 0 Å². The Morgan fingerprint density at radius 2 is 1.58 bits per heavy atom. The second-order valence-corrected chi connectivity index (χ2v) is 7.25. The number of carbonyl (C=O) groups is 1. The lowest BCUT2D eigenvalue weighted by Gasteiger charge is -2.38. The van der Waals surface area contributed by atoms with Gasteiger partial charge in [-0.2, -0.15) is 0 Å². The van der Waals surface area contributed by atoms with E-state index in [0.717, 1.165) is 36.8 Å². The van der Waals surface area contributed by atoms with Gasteiger partial charge in [0.05, 0.1) is 12.1 Å². The molecule has 1 fully saturated rings. The Morgan fingerprint density at radius 1 is 0.962 bits per heavy atom. The molecule has 1 saturated heterocycles. The van der Waals surface area contributed by atoms with Gasteiger partial charge in [0.1, 0.15) is 0 Å². The molecular weight excluding hydrogens is 346 g/mol. The van der Waals surface area contributed by atoms with Gasteiger partial charge in [0, 0.05) is 36.9 Å². The zero-order chi connectivity index (χ0) is 18.5. The maximum absolute atomic E-state index is 12.6. The molecule has 3 rings (SSSR count). The minimum Gasteiger partial charge on any atom is -0.369 e. The molecule has 1 aliphatic rings. The molecule has 2 aromatic rings. The predicted octanol–water partition coefficient (Wildman–Crippen LogP) is 3.73. The first-order valence-electron chi connectivity index (χ1n) is 9.14. The highest BCUT2D eigenvalue weighted by molar-refractivity contribution is 6.30. The molecule has 0 saturated carbocycles. The zero-order valence-electron chi connectivity index (χ0n) is 15.4. The Labute approximate surface area is 160 Å². The van der Waals surface area contributed by atoms with Crippen molar-refractivity contribution in [2.75, 3.05) is 31.1 Å². The van der Waals surface area contributed by atoms with Crippen molar-refractivity contribution in [3.05, 3.63) is 65.2 Å². The summed E-state index contributed by atoms with van der Waals surface area (Å²) in [4.78, 5) is 17.2. The van der Waals surface area contributed by atoms with E-state index in [4.69, 9.17) is 11.6 Å². The molecule has 2 aromatic carbocycles. The van der Waals surface area contributed by atoms with Crippen LogP contribution in [0.3, 0.4) is 0 Å². The van der Waals surface area contributed by atoms with Crippen molar-refractivity contribution < 1.29 is 4.79 Å². The van der Waals surface area contributed by atoms with Crippen LogP contribution in [0.1, 0.15) is 25.5 Å². The molecule has 0 spiro atoms. The molecule has 0 aliphatic carbocycles. The molecule has 1 heterocycles. The van der Waals surface area contributed by atoms with Crippen LogP contribution in [-0.4, -0.2) is 43.0 Å². The number of hydrogen-bond donors (Lipinski definition) is 1. The number of nitrogens with one attached hydrogen (secondary N) is 1. The molecule has 0 aromatic heterocycles. The second-order valence-electron chi connectivity index (χ2n) is 6.82. The molecular formula is C21H26ClN3O. The molecule has 1 amide bonds. The summed E-state index contributed by atoms with van der Waals surface area (Å²) < 4.78 is 0. The topological polar surface area (TPSA) is 35.6 Å². The van der Waals surface area contributed by atoms with Crippen molar-refractivity contribution in [1.82, 2.24) is 10.2 Å². The van der Waals surface area contributed by atoms with Gasteiger partial charge >= 0.3 is 0 Å². The fourth-order valence-electron chi connectivity index (χ4n) is 3.34. The molecule has 2 atom stereocenters. The van der Waals surface area contributed by atoms with Gasteiger partial charge in [0.2, 0.25) is 5.91 Å². The van der Waals surface area contributed by atoms with Gasteiger partial charge in [-0.1, -0.05) is 41.9 Å². The van der Waals surface area contributed by atoms with E-state index in [-0.39, 0.29) is 18.0 Å². The Balaban J connectivity index is 1.52. The van der Waals surface area contributed by atoms with Gasteiger partial charge < -0.3 is 10.2 Å². The van der Waals surface area contributed by atoms with Crippen molar-refractivity contribution in [2.45, 2.75) is 25.9 Å². The van der Waals surface area contributed by atoms with Crippen molar-refractivity contribution in [1.29, 1.82) is 0 Å². The highest BCUT2D eigenvalue weighted by Gasteiger charge is 2.26. The van der Waals surface area contributed by atoms with E-state index in [0.29, 0.717) is 0 Å². The summed E-state index contributed by atoms with van der Waals surface area (Å²) in [7, 11) is 0. The smallest absolute Gasteiger partial charge is 0.237 e. The van der Waals surface area contributed by atoms with Crippen LogP contribution in [0.15, 0.2) is 54.6 Å². The Bertz CT molecular complexity index is 712. The molecule has 5 heteroatoms. The molecule has 0 unspecified atom stereocenters. The average Bonchev–Trinajstić information content (AvgIpc) is 2.69. The molecule has 26 heavy (non-hydrogen) atoms. The third-order valence-electron chi connectivity index (χ3n) is 5.09. The number of piperazine rings is 1. The monoisotopic (exact) mass is 371 g/mol. The highest BCUT2D eigenvalue weighted by Crippen LogP contribution is 2.20. The highest BCUT2D eigenvalue weighted by atomic mass is 35.5. The molecule has 4 nitrogen and oxygen atoms in total. The first-order valence-corrected chi connectivity index (χ1v) is 9.52. The molecule has 138 valence electrons. The van der Waals surface area contributed by atoms with Crippen LogP contribution in [0.4, 0.5) is 5.69 Å². The third kappa shape index (κ3) is 4.57. The summed E-state index contributed by atoms with van der Waals surface area (Å²) in [6.07, 6.45) is 0. The normalized spacial score (nSPS) is 17.6. The minimum atomic E-state index is -0.131. The molecule has 0 radical (unpaired) electrons. The maximum atomic E-state index is 12.6. The first-order chi connectivity index (χ1) is 12.5. The van der Waals surface area contributed by atoms with Gasteiger partial charge in [-0.05, 0) is 43.7 Å². The summed E-state index contributed by atoms with van der Waals surface area (Å²) in [5.74, 6) is 0.0845. The van der Waals surface area contributed by atoms with Gasteiger partial charge in [0.25, 0.3) is 0 Å². The van der Waals surface area contributed by atoms with Gasteiger partial charge in [-0.3, -0.25) is 9.69 Å². The largest absolute Gasteiger partial charge is 0.369 e. The van der Waals surface area contributed by atoms with Crippen molar-refractivity contribution in [3.63, 3.8) is 0 Å². The van der Waals surface area contributed by atoms with Crippen LogP contribution < -0.4 is 10.2 Å². The van der Waals surface area contributed by atoms with Gasteiger partial charge in [-0.25, -0.2) is 0 Å². The molecule has 1 N–H and O–H groups in total. The lowest BCUT2D eigenvalue weighted by Crippen LogP contribution is -2.54. The fourth-order valence-corrected chi connectivity index (χ4v) is 3.47. The van der Waals surface area contributed by atoms with Crippen LogP contribution in [-0.2, 0) is 4.79 Å². The number of halogens is 1. The van der Waals surface area contributed by atoms with Gasteiger partial charge in [-0.15, -0.1) is 0 Å². The van der Waals surface area contributed by atoms with Crippen LogP contribution >= 0.6 is 11.6 Å². The van der Waals surface area contributed by atoms with E-state index in [1.54, 1.807) is 0 Å². The molecule has 0 bridgehead atoms. The Kier molecular flexibility index (Phi) is 6.17. The van der Waals surface area contributed by atoms with E-state index in [1.807, 2.05) is 56.3 Å². The summed E-state index contributed by atoms with van der Waals surface area (Å²) >= 11 is 5.96. The van der Waals surface area contributed by atoms with E-state index < -0.39 is 0 Å². The lowest BCUT2D eigenvalue weighted by molar-refractivity contribution is -0.126. The van der Waals surface area contributed by atoms with Crippen LogP contribution in [0.5, 0.6) is 0 Å². The summed E-state index contributed by atoms with van der Waals surface area (Å²) in [5.41, 5.74) is 2.31.